The summed E-state index contributed by atoms with van der Waals surface area (Å²) in [4.78, 5) is 27.7. The molecule has 1 atom stereocenters. The summed E-state index contributed by atoms with van der Waals surface area (Å²) in [5.74, 6) is -0.486. The van der Waals surface area contributed by atoms with E-state index in [0.717, 1.165) is 22.2 Å². The van der Waals surface area contributed by atoms with Crippen molar-refractivity contribution in [2.24, 2.45) is 0 Å². The highest BCUT2D eigenvalue weighted by Gasteiger charge is 2.23. The number of amides is 1. The van der Waals surface area contributed by atoms with Gasteiger partial charge >= 0.3 is 5.97 Å². The van der Waals surface area contributed by atoms with Crippen LogP contribution in [0.1, 0.15) is 5.56 Å². The number of carboxylic acids is 1. The number of hydrogen-bond acceptors (Lipinski definition) is 6. The average Bonchev–Trinajstić information content (AvgIpc) is 3.63. The molecule has 5 aromatic rings. The van der Waals surface area contributed by atoms with Crippen molar-refractivity contribution < 1.29 is 19.1 Å². The first-order valence-corrected chi connectivity index (χ1v) is 11.8. The van der Waals surface area contributed by atoms with Gasteiger partial charge in [0.15, 0.2) is 10.9 Å². The summed E-state index contributed by atoms with van der Waals surface area (Å²) in [6.07, 6.45) is 3.50. The van der Waals surface area contributed by atoms with Gasteiger partial charge in [0.25, 0.3) is 0 Å². The van der Waals surface area contributed by atoms with Crippen LogP contribution < -0.4 is 5.32 Å². The van der Waals surface area contributed by atoms with Gasteiger partial charge in [0.2, 0.25) is 11.7 Å². The van der Waals surface area contributed by atoms with Crippen molar-refractivity contribution in [1.29, 1.82) is 0 Å². The molecule has 3 N–H and O–H groups in total. The van der Waals surface area contributed by atoms with Crippen molar-refractivity contribution in [2.45, 2.75) is 17.6 Å². The molecule has 5 rings (SSSR count). The number of hydrogen-bond donors (Lipinski definition) is 3. The van der Waals surface area contributed by atoms with Gasteiger partial charge in [0, 0.05) is 29.2 Å². The van der Waals surface area contributed by atoms with Gasteiger partial charge in [0.1, 0.15) is 6.04 Å². The van der Waals surface area contributed by atoms with Crippen LogP contribution in [0.3, 0.4) is 0 Å². The standard InChI is InChI=1S/C25H21N5O4S/c31-22(27-20(24(32)33)13-16-14-26-19-10-5-4-9-18(16)19)15-35-25-29-28-23(21-11-6-12-34-21)30(25)17-7-2-1-3-8-17/h1-12,14,20,26H,13,15H2,(H,27,31)(H,32,33). The maximum Gasteiger partial charge on any atom is 0.326 e. The van der Waals surface area contributed by atoms with Gasteiger partial charge in [-0.1, -0.05) is 48.2 Å². The van der Waals surface area contributed by atoms with Crippen molar-refractivity contribution in [3.05, 3.63) is 84.8 Å². The van der Waals surface area contributed by atoms with Crippen molar-refractivity contribution in [3.63, 3.8) is 0 Å². The van der Waals surface area contributed by atoms with Crippen molar-refractivity contribution in [2.75, 3.05) is 5.75 Å². The van der Waals surface area contributed by atoms with E-state index in [2.05, 4.69) is 20.5 Å². The Balaban J connectivity index is 1.31. The van der Waals surface area contributed by atoms with Crippen LogP contribution in [0.15, 0.2) is 88.8 Å². The fourth-order valence-corrected chi connectivity index (χ4v) is 4.59. The molecule has 0 aliphatic carbocycles. The lowest BCUT2D eigenvalue weighted by Crippen LogP contribution is -2.43. The molecule has 35 heavy (non-hydrogen) atoms. The number of rotatable bonds is 9. The molecule has 3 heterocycles. The molecule has 0 fully saturated rings. The molecule has 0 saturated heterocycles. The highest BCUT2D eigenvalue weighted by Crippen LogP contribution is 2.28. The first-order valence-electron chi connectivity index (χ1n) is 10.8. The van der Waals surface area contributed by atoms with E-state index in [1.807, 2.05) is 54.6 Å². The van der Waals surface area contributed by atoms with Crippen LogP contribution in [0.5, 0.6) is 0 Å². The number of para-hydroxylation sites is 2. The lowest BCUT2D eigenvalue weighted by Gasteiger charge is -2.14. The van der Waals surface area contributed by atoms with Gasteiger partial charge in [-0.15, -0.1) is 10.2 Å². The van der Waals surface area contributed by atoms with E-state index in [0.29, 0.717) is 16.7 Å². The highest BCUT2D eigenvalue weighted by atomic mass is 32.2. The van der Waals surface area contributed by atoms with Crippen molar-refractivity contribution in [3.8, 4) is 17.3 Å². The number of fused-ring (bicyclic) bond motifs is 1. The van der Waals surface area contributed by atoms with Crippen LogP contribution >= 0.6 is 11.8 Å². The molecule has 0 aliphatic heterocycles. The number of aliphatic carboxylic acids is 1. The van der Waals surface area contributed by atoms with Crippen LogP contribution in [0.25, 0.3) is 28.2 Å². The van der Waals surface area contributed by atoms with Gasteiger partial charge in [-0.25, -0.2) is 4.79 Å². The first-order chi connectivity index (χ1) is 17.1. The molecule has 1 unspecified atom stereocenters. The molecular weight excluding hydrogens is 466 g/mol. The Morgan fingerprint density at radius 3 is 2.63 bits per heavy atom. The van der Waals surface area contributed by atoms with Crippen LogP contribution in [0.4, 0.5) is 0 Å². The number of furan rings is 1. The lowest BCUT2D eigenvalue weighted by atomic mass is 10.1. The number of nitrogens with one attached hydrogen (secondary N) is 2. The van der Waals surface area contributed by atoms with Crippen LogP contribution in [0.2, 0.25) is 0 Å². The van der Waals surface area contributed by atoms with E-state index in [1.165, 1.54) is 11.8 Å². The van der Waals surface area contributed by atoms with E-state index >= 15 is 0 Å². The number of H-pyrrole nitrogens is 1. The summed E-state index contributed by atoms with van der Waals surface area (Å²) in [6, 6.07) is 19.6. The number of nitrogens with zero attached hydrogens (tertiary/aromatic N) is 3. The first kappa shape index (κ1) is 22.5. The molecule has 1 amide bonds. The minimum Gasteiger partial charge on any atom is -0.480 e. The number of thioether (sulfide) groups is 1. The topological polar surface area (TPSA) is 126 Å². The van der Waals surface area contributed by atoms with E-state index in [4.69, 9.17) is 4.42 Å². The lowest BCUT2D eigenvalue weighted by molar-refractivity contribution is -0.141. The van der Waals surface area contributed by atoms with Gasteiger partial charge in [0.05, 0.1) is 12.0 Å². The Morgan fingerprint density at radius 2 is 1.86 bits per heavy atom. The van der Waals surface area contributed by atoms with E-state index in [-0.39, 0.29) is 12.2 Å². The third kappa shape index (κ3) is 4.82. The molecule has 2 aromatic carbocycles. The molecule has 9 nitrogen and oxygen atoms in total. The van der Waals surface area contributed by atoms with Crippen molar-refractivity contribution in [1.82, 2.24) is 25.1 Å². The summed E-state index contributed by atoms with van der Waals surface area (Å²) >= 11 is 1.17. The van der Waals surface area contributed by atoms with Gasteiger partial charge in [-0.05, 0) is 35.9 Å². The maximum absolute atomic E-state index is 12.7. The normalized spacial score (nSPS) is 12.0. The molecule has 0 spiro atoms. The van der Waals surface area contributed by atoms with Gasteiger partial charge in [-0.2, -0.15) is 0 Å². The third-order valence-corrected chi connectivity index (χ3v) is 6.38. The Hall–Kier alpha value is -4.31. The SMILES string of the molecule is O=C(CSc1nnc(-c2ccco2)n1-c1ccccc1)NC(Cc1c[nH]c2ccccc12)C(=O)O. The Bertz CT molecular complexity index is 1460. The van der Waals surface area contributed by atoms with Crippen LogP contribution in [0, 0.1) is 0 Å². The van der Waals surface area contributed by atoms with Gasteiger partial charge in [-0.3, -0.25) is 9.36 Å². The Morgan fingerprint density at radius 1 is 1.06 bits per heavy atom. The molecule has 0 bridgehead atoms. The van der Waals surface area contributed by atoms with Gasteiger partial charge < -0.3 is 19.8 Å². The molecule has 0 saturated carbocycles. The number of aromatic nitrogens is 4. The summed E-state index contributed by atoms with van der Waals surface area (Å²) < 4.78 is 7.30. The second-order valence-corrected chi connectivity index (χ2v) is 8.71. The largest absolute Gasteiger partial charge is 0.480 e. The molecule has 10 heteroatoms. The fourth-order valence-electron chi connectivity index (χ4n) is 3.83. The number of carboxylic acid groups (broad SMARTS) is 1. The quantitative estimate of drug-likeness (QED) is 0.269. The minimum atomic E-state index is -1.10. The molecule has 0 aliphatic rings. The molecule has 3 aromatic heterocycles. The van der Waals surface area contributed by atoms with E-state index < -0.39 is 17.9 Å². The Kier molecular flexibility index (Phi) is 6.36. The van der Waals surface area contributed by atoms with Crippen LogP contribution in [-0.4, -0.2) is 48.5 Å². The predicted octanol–water partition coefficient (Wildman–Crippen LogP) is 3.91. The average molecular weight is 488 g/mol. The molecular formula is C25H21N5O4S. The maximum atomic E-state index is 12.7. The summed E-state index contributed by atoms with van der Waals surface area (Å²) in [5.41, 5.74) is 2.56. The summed E-state index contributed by atoms with van der Waals surface area (Å²) in [6.45, 7) is 0. The second kappa shape index (κ2) is 9.90. The zero-order valence-corrected chi connectivity index (χ0v) is 19.2. The number of carbonyl (C=O) groups excluding carboxylic acids is 1. The van der Waals surface area contributed by atoms with Crippen LogP contribution in [-0.2, 0) is 16.0 Å². The second-order valence-electron chi connectivity index (χ2n) is 7.77. The number of carbonyl (C=O) groups is 2. The molecule has 0 radical (unpaired) electrons. The highest BCUT2D eigenvalue weighted by molar-refractivity contribution is 7.99. The zero-order valence-electron chi connectivity index (χ0n) is 18.4. The van der Waals surface area contributed by atoms with Crippen molar-refractivity contribution >= 4 is 34.5 Å². The third-order valence-electron chi connectivity index (χ3n) is 5.45. The predicted molar refractivity (Wildman–Crippen MR) is 131 cm³/mol. The Labute approximate surface area is 204 Å². The number of aromatic amines is 1. The monoisotopic (exact) mass is 487 g/mol. The molecule has 176 valence electrons. The summed E-state index contributed by atoms with van der Waals surface area (Å²) in [5, 5.41) is 22.3. The smallest absolute Gasteiger partial charge is 0.326 e. The minimum absolute atomic E-state index is 0.0270. The zero-order chi connectivity index (χ0) is 24.2. The summed E-state index contributed by atoms with van der Waals surface area (Å²) in [7, 11) is 0. The fraction of sp³-hybridized carbons (Fsp3) is 0.120. The van der Waals surface area contributed by atoms with E-state index in [1.54, 1.807) is 29.2 Å². The van der Waals surface area contributed by atoms with E-state index in [9.17, 15) is 14.7 Å². The number of benzene rings is 2.